The van der Waals surface area contributed by atoms with Crippen LogP contribution in [0, 0.1) is 30.0 Å². The van der Waals surface area contributed by atoms with Crippen LogP contribution in [-0.2, 0) is 4.74 Å². The second-order valence-corrected chi connectivity index (χ2v) is 4.80. The molecular weight excluding hydrogens is 231 g/mol. The molecule has 0 aromatic heterocycles. The SMILES string of the molecule is Cc1c(F)cc(C#N)cc1NC(C)C1CCOC1. The number of hydrogen-bond acceptors (Lipinski definition) is 3. The van der Waals surface area contributed by atoms with E-state index in [-0.39, 0.29) is 11.9 Å². The lowest BCUT2D eigenvalue weighted by atomic mass is 9.99. The first-order chi connectivity index (χ1) is 8.61. The van der Waals surface area contributed by atoms with Gasteiger partial charge in [-0.1, -0.05) is 0 Å². The Kier molecular flexibility index (Phi) is 3.83. The molecular formula is C14H17FN2O. The van der Waals surface area contributed by atoms with Crippen LogP contribution < -0.4 is 5.32 Å². The average molecular weight is 248 g/mol. The van der Waals surface area contributed by atoms with E-state index in [1.807, 2.05) is 6.07 Å². The molecule has 1 N–H and O–H groups in total. The standard InChI is InChI=1S/C14H17FN2O/c1-9-13(15)5-11(7-16)6-14(9)17-10(2)12-3-4-18-8-12/h5-6,10,12,17H,3-4,8H2,1-2H3. The second kappa shape index (κ2) is 5.36. The molecule has 96 valence electrons. The number of nitrogens with one attached hydrogen (secondary N) is 1. The number of benzene rings is 1. The third-order valence-corrected chi connectivity index (χ3v) is 3.53. The van der Waals surface area contributed by atoms with Crippen LogP contribution in [0.3, 0.4) is 0 Å². The molecule has 18 heavy (non-hydrogen) atoms. The Morgan fingerprint density at radius 1 is 1.56 bits per heavy atom. The highest BCUT2D eigenvalue weighted by Gasteiger charge is 2.22. The van der Waals surface area contributed by atoms with E-state index >= 15 is 0 Å². The molecule has 1 aromatic rings. The molecule has 0 bridgehead atoms. The lowest BCUT2D eigenvalue weighted by Gasteiger charge is -2.22. The van der Waals surface area contributed by atoms with E-state index in [9.17, 15) is 4.39 Å². The largest absolute Gasteiger partial charge is 0.382 e. The van der Waals surface area contributed by atoms with Crippen LogP contribution >= 0.6 is 0 Å². The molecule has 1 saturated heterocycles. The van der Waals surface area contributed by atoms with Crippen molar-refractivity contribution in [3.8, 4) is 6.07 Å². The number of rotatable bonds is 3. The normalized spacial score (nSPS) is 20.4. The van der Waals surface area contributed by atoms with Crippen molar-refractivity contribution in [2.45, 2.75) is 26.3 Å². The molecule has 4 heteroatoms. The van der Waals surface area contributed by atoms with E-state index < -0.39 is 0 Å². The summed E-state index contributed by atoms with van der Waals surface area (Å²) in [6, 6.07) is 5.15. The molecule has 0 aliphatic carbocycles. The van der Waals surface area contributed by atoms with Gasteiger partial charge in [0.2, 0.25) is 0 Å². The molecule has 0 spiro atoms. The fourth-order valence-electron chi connectivity index (χ4n) is 2.20. The third-order valence-electron chi connectivity index (χ3n) is 3.53. The highest BCUT2D eigenvalue weighted by atomic mass is 19.1. The summed E-state index contributed by atoms with van der Waals surface area (Å²) in [4.78, 5) is 0. The maximum absolute atomic E-state index is 13.6. The monoisotopic (exact) mass is 248 g/mol. The Bertz CT molecular complexity index is 475. The minimum Gasteiger partial charge on any atom is -0.382 e. The maximum atomic E-state index is 13.6. The third kappa shape index (κ3) is 2.62. The van der Waals surface area contributed by atoms with Crippen LogP contribution in [0.25, 0.3) is 0 Å². The molecule has 1 aliphatic heterocycles. The van der Waals surface area contributed by atoms with Crippen LogP contribution in [-0.4, -0.2) is 19.3 Å². The highest BCUT2D eigenvalue weighted by molar-refractivity contribution is 5.56. The second-order valence-electron chi connectivity index (χ2n) is 4.80. The lowest BCUT2D eigenvalue weighted by Crippen LogP contribution is -2.26. The van der Waals surface area contributed by atoms with Gasteiger partial charge in [0.05, 0.1) is 18.2 Å². The number of nitriles is 1. The van der Waals surface area contributed by atoms with Crippen LogP contribution in [0.2, 0.25) is 0 Å². The van der Waals surface area contributed by atoms with Crippen molar-refractivity contribution in [1.82, 2.24) is 0 Å². The molecule has 0 saturated carbocycles. The van der Waals surface area contributed by atoms with Gasteiger partial charge in [0.25, 0.3) is 0 Å². The first-order valence-electron chi connectivity index (χ1n) is 6.16. The summed E-state index contributed by atoms with van der Waals surface area (Å²) in [6.45, 7) is 5.32. The molecule has 1 aliphatic rings. The van der Waals surface area contributed by atoms with Crippen molar-refractivity contribution in [2.75, 3.05) is 18.5 Å². The van der Waals surface area contributed by atoms with Gasteiger partial charge in [0.1, 0.15) is 5.82 Å². The number of anilines is 1. The summed E-state index contributed by atoms with van der Waals surface area (Å²) in [6.07, 6.45) is 1.02. The van der Waals surface area contributed by atoms with Crippen molar-refractivity contribution < 1.29 is 9.13 Å². The molecule has 2 atom stereocenters. The van der Waals surface area contributed by atoms with Gasteiger partial charge in [0.15, 0.2) is 0 Å². The number of halogens is 1. The van der Waals surface area contributed by atoms with Crippen molar-refractivity contribution in [3.63, 3.8) is 0 Å². The van der Waals surface area contributed by atoms with Crippen molar-refractivity contribution in [1.29, 1.82) is 5.26 Å². The lowest BCUT2D eigenvalue weighted by molar-refractivity contribution is 0.183. The van der Waals surface area contributed by atoms with Gasteiger partial charge in [0, 0.05) is 29.8 Å². The Hall–Kier alpha value is -1.60. The molecule has 1 heterocycles. The van der Waals surface area contributed by atoms with Crippen LogP contribution in [0.1, 0.15) is 24.5 Å². The zero-order valence-corrected chi connectivity index (χ0v) is 10.7. The smallest absolute Gasteiger partial charge is 0.129 e. The minimum absolute atomic E-state index is 0.208. The van der Waals surface area contributed by atoms with E-state index in [0.29, 0.717) is 22.7 Å². The van der Waals surface area contributed by atoms with E-state index in [0.717, 1.165) is 19.6 Å². The molecule has 0 amide bonds. The average Bonchev–Trinajstić information content (AvgIpc) is 2.88. The molecule has 1 aromatic carbocycles. The number of ether oxygens (including phenoxy) is 1. The predicted octanol–water partition coefficient (Wildman–Crippen LogP) is 2.84. The zero-order valence-electron chi connectivity index (χ0n) is 10.7. The Morgan fingerprint density at radius 2 is 2.33 bits per heavy atom. The maximum Gasteiger partial charge on any atom is 0.129 e. The molecule has 2 unspecified atom stereocenters. The van der Waals surface area contributed by atoms with Gasteiger partial charge in [-0.25, -0.2) is 4.39 Å². The van der Waals surface area contributed by atoms with Gasteiger partial charge in [-0.3, -0.25) is 0 Å². The summed E-state index contributed by atoms with van der Waals surface area (Å²) in [5.74, 6) is 0.102. The first-order valence-corrected chi connectivity index (χ1v) is 6.16. The Balaban J connectivity index is 2.17. The Morgan fingerprint density at radius 3 is 2.94 bits per heavy atom. The van der Waals surface area contributed by atoms with Crippen LogP contribution in [0.15, 0.2) is 12.1 Å². The van der Waals surface area contributed by atoms with E-state index in [4.69, 9.17) is 10.00 Å². The summed E-state index contributed by atoms with van der Waals surface area (Å²) in [5, 5.41) is 12.2. The van der Waals surface area contributed by atoms with Crippen LogP contribution in [0.5, 0.6) is 0 Å². The molecule has 0 radical (unpaired) electrons. The summed E-state index contributed by atoms with van der Waals surface area (Å²) in [5.41, 5.74) is 1.60. The van der Waals surface area contributed by atoms with Gasteiger partial charge >= 0.3 is 0 Å². The summed E-state index contributed by atoms with van der Waals surface area (Å²) in [7, 11) is 0. The Labute approximate surface area is 107 Å². The van der Waals surface area contributed by atoms with Crippen molar-refractivity contribution >= 4 is 5.69 Å². The van der Waals surface area contributed by atoms with Gasteiger partial charge < -0.3 is 10.1 Å². The number of nitrogens with zero attached hydrogens (tertiary/aromatic N) is 1. The van der Waals surface area contributed by atoms with Gasteiger partial charge in [-0.15, -0.1) is 0 Å². The highest BCUT2D eigenvalue weighted by Crippen LogP contribution is 2.25. The molecule has 3 nitrogen and oxygen atoms in total. The fraction of sp³-hybridized carbons (Fsp3) is 0.500. The van der Waals surface area contributed by atoms with E-state index in [1.165, 1.54) is 6.07 Å². The summed E-state index contributed by atoms with van der Waals surface area (Å²) < 4.78 is 19.0. The van der Waals surface area contributed by atoms with Crippen LogP contribution in [0.4, 0.5) is 10.1 Å². The fourth-order valence-corrected chi connectivity index (χ4v) is 2.20. The predicted molar refractivity (Wildman–Crippen MR) is 67.9 cm³/mol. The van der Waals surface area contributed by atoms with Crippen molar-refractivity contribution in [3.05, 3.63) is 29.1 Å². The van der Waals surface area contributed by atoms with Gasteiger partial charge in [-0.2, -0.15) is 5.26 Å². The summed E-state index contributed by atoms with van der Waals surface area (Å²) >= 11 is 0. The zero-order chi connectivity index (χ0) is 13.1. The van der Waals surface area contributed by atoms with Crippen molar-refractivity contribution in [2.24, 2.45) is 5.92 Å². The molecule has 1 fully saturated rings. The van der Waals surface area contributed by atoms with E-state index in [2.05, 4.69) is 12.2 Å². The van der Waals surface area contributed by atoms with E-state index in [1.54, 1.807) is 13.0 Å². The van der Waals surface area contributed by atoms with Gasteiger partial charge in [-0.05, 0) is 32.4 Å². The quantitative estimate of drug-likeness (QED) is 0.894. The topological polar surface area (TPSA) is 45.0 Å². The minimum atomic E-state index is -0.341. The molecule has 2 rings (SSSR count). The number of hydrogen-bond donors (Lipinski definition) is 1. The first kappa shape index (κ1) is 12.8.